The van der Waals surface area contributed by atoms with E-state index in [4.69, 9.17) is 0 Å². The van der Waals surface area contributed by atoms with E-state index in [0.717, 1.165) is 10.0 Å². The van der Waals surface area contributed by atoms with Crippen molar-refractivity contribution in [1.82, 2.24) is 10.4 Å². The van der Waals surface area contributed by atoms with E-state index < -0.39 is 5.41 Å². The lowest BCUT2D eigenvalue weighted by atomic mass is 9.84. The summed E-state index contributed by atoms with van der Waals surface area (Å²) in [6, 6.07) is 7.80. The highest BCUT2D eigenvalue weighted by Crippen LogP contribution is 2.24. The first-order valence-corrected chi connectivity index (χ1v) is 5.88. The Morgan fingerprint density at radius 3 is 2.19 bits per heavy atom. The monoisotopic (exact) mass is 284 g/mol. The zero-order chi connectivity index (χ0) is 12.3. The fraction of sp³-hybridized carbons (Fsp3) is 0.417. The van der Waals surface area contributed by atoms with E-state index in [2.05, 4.69) is 21.4 Å². The molecule has 1 aromatic rings. The second kappa shape index (κ2) is 4.97. The van der Waals surface area contributed by atoms with Crippen LogP contribution in [0.3, 0.4) is 0 Å². The van der Waals surface area contributed by atoms with E-state index in [1.54, 1.807) is 19.1 Å². The maximum atomic E-state index is 12.0. The van der Waals surface area contributed by atoms with Gasteiger partial charge in [0.25, 0.3) is 0 Å². The maximum absolute atomic E-state index is 12.0. The summed E-state index contributed by atoms with van der Waals surface area (Å²) >= 11 is 3.38. The number of carbonyl (C=O) groups is 1. The average molecular weight is 285 g/mol. The lowest BCUT2D eigenvalue weighted by molar-refractivity contribution is -0.129. The van der Waals surface area contributed by atoms with E-state index in [0.29, 0.717) is 0 Å². The summed E-state index contributed by atoms with van der Waals surface area (Å²) in [6.45, 7) is 3.82. The van der Waals surface area contributed by atoms with Crippen LogP contribution in [0.1, 0.15) is 19.4 Å². The number of amides is 1. The number of rotatable bonds is 3. The van der Waals surface area contributed by atoms with Gasteiger partial charge in [-0.25, -0.2) is 5.01 Å². The molecule has 1 amide bonds. The van der Waals surface area contributed by atoms with Gasteiger partial charge in [0.1, 0.15) is 0 Å². The van der Waals surface area contributed by atoms with Gasteiger partial charge in [-0.05, 0) is 31.5 Å². The van der Waals surface area contributed by atoms with E-state index in [-0.39, 0.29) is 5.91 Å². The average Bonchev–Trinajstić information content (AvgIpc) is 2.17. The summed E-state index contributed by atoms with van der Waals surface area (Å²) in [4.78, 5) is 12.0. The number of hydrazine groups is 1. The van der Waals surface area contributed by atoms with Crippen molar-refractivity contribution < 1.29 is 4.79 Å². The second-order valence-electron chi connectivity index (χ2n) is 4.47. The zero-order valence-electron chi connectivity index (χ0n) is 10.0. The molecule has 16 heavy (non-hydrogen) atoms. The Hall–Kier alpha value is -0.870. The molecule has 0 radical (unpaired) electrons. The molecule has 4 heteroatoms. The molecule has 1 N–H and O–H groups in total. The van der Waals surface area contributed by atoms with Crippen LogP contribution in [0.2, 0.25) is 0 Å². The Balaban J connectivity index is 2.92. The summed E-state index contributed by atoms with van der Waals surface area (Å²) in [7, 11) is 3.60. The molecule has 0 heterocycles. The van der Waals surface area contributed by atoms with Gasteiger partial charge >= 0.3 is 0 Å². The van der Waals surface area contributed by atoms with Gasteiger partial charge < -0.3 is 0 Å². The van der Waals surface area contributed by atoms with Crippen molar-refractivity contribution in [3.8, 4) is 0 Å². The molecule has 0 aromatic heterocycles. The molecule has 0 aliphatic heterocycles. The van der Waals surface area contributed by atoms with Crippen LogP contribution in [-0.2, 0) is 10.2 Å². The SMILES string of the molecule is CN(C)NC(=O)C(C)(C)c1ccc(Br)cc1. The van der Waals surface area contributed by atoms with Crippen LogP contribution in [0.5, 0.6) is 0 Å². The predicted molar refractivity (Wildman–Crippen MR) is 69.0 cm³/mol. The Morgan fingerprint density at radius 1 is 1.25 bits per heavy atom. The quantitative estimate of drug-likeness (QED) is 0.864. The highest BCUT2D eigenvalue weighted by atomic mass is 79.9. The van der Waals surface area contributed by atoms with E-state index in [1.165, 1.54) is 0 Å². The van der Waals surface area contributed by atoms with Crippen molar-refractivity contribution in [2.45, 2.75) is 19.3 Å². The number of benzene rings is 1. The fourth-order valence-corrected chi connectivity index (χ4v) is 1.60. The Morgan fingerprint density at radius 2 is 1.75 bits per heavy atom. The maximum Gasteiger partial charge on any atom is 0.244 e. The minimum absolute atomic E-state index is 0.0141. The highest BCUT2D eigenvalue weighted by Gasteiger charge is 2.29. The van der Waals surface area contributed by atoms with Gasteiger partial charge in [-0.3, -0.25) is 10.2 Å². The predicted octanol–water partition coefficient (Wildman–Crippen LogP) is 2.32. The number of hydrogen-bond acceptors (Lipinski definition) is 2. The summed E-state index contributed by atoms with van der Waals surface area (Å²) in [5.41, 5.74) is 3.24. The first kappa shape index (κ1) is 13.2. The van der Waals surface area contributed by atoms with Crippen LogP contribution in [0.25, 0.3) is 0 Å². The largest absolute Gasteiger partial charge is 0.289 e. The molecular formula is C12H17BrN2O. The number of hydrogen-bond donors (Lipinski definition) is 1. The molecule has 0 aliphatic rings. The second-order valence-corrected chi connectivity index (χ2v) is 5.38. The summed E-state index contributed by atoms with van der Waals surface area (Å²) in [6.07, 6.45) is 0. The third kappa shape index (κ3) is 3.06. The van der Waals surface area contributed by atoms with Crippen LogP contribution in [0.15, 0.2) is 28.7 Å². The molecule has 1 rings (SSSR count). The van der Waals surface area contributed by atoms with Crippen molar-refractivity contribution >= 4 is 21.8 Å². The van der Waals surface area contributed by atoms with Gasteiger partial charge in [0.2, 0.25) is 5.91 Å². The molecule has 3 nitrogen and oxygen atoms in total. The topological polar surface area (TPSA) is 32.3 Å². The molecular weight excluding hydrogens is 268 g/mol. The van der Waals surface area contributed by atoms with Crippen LogP contribution in [0, 0.1) is 0 Å². The van der Waals surface area contributed by atoms with Crippen LogP contribution < -0.4 is 5.43 Å². The van der Waals surface area contributed by atoms with Gasteiger partial charge in [-0.1, -0.05) is 28.1 Å². The lowest BCUT2D eigenvalue weighted by Crippen LogP contribution is -2.46. The minimum atomic E-state index is -0.537. The molecule has 0 atom stereocenters. The number of nitrogens with one attached hydrogen (secondary N) is 1. The third-order valence-corrected chi connectivity index (χ3v) is 2.99. The Bertz CT molecular complexity index is 371. The molecule has 0 saturated heterocycles. The third-order valence-electron chi connectivity index (χ3n) is 2.46. The van der Waals surface area contributed by atoms with E-state index >= 15 is 0 Å². The fourth-order valence-electron chi connectivity index (χ4n) is 1.34. The molecule has 0 saturated carbocycles. The molecule has 0 bridgehead atoms. The van der Waals surface area contributed by atoms with E-state index in [9.17, 15) is 4.79 Å². The standard InChI is InChI=1S/C12H17BrN2O/c1-12(2,11(16)14-15(3)4)9-5-7-10(13)8-6-9/h5-8H,1-4H3,(H,14,16). The van der Waals surface area contributed by atoms with Gasteiger partial charge in [-0.15, -0.1) is 0 Å². The highest BCUT2D eigenvalue weighted by molar-refractivity contribution is 9.10. The van der Waals surface area contributed by atoms with Gasteiger partial charge in [0, 0.05) is 18.6 Å². The van der Waals surface area contributed by atoms with Crippen molar-refractivity contribution in [3.05, 3.63) is 34.3 Å². The van der Waals surface area contributed by atoms with Crippen LogP contribution >= 0.6 is 15.9 Å². The van der Waals surface area contributed by atoms with Gasteiger partial charge in [-0.2, -0.15) is 0 Å². The van der Waals surface area contributed by atoms with Crippen molar-refractivity contribution in [3.63, 3.8) is 0 Å². The van der Waals surface area contributed by atoms with Gasteiger partial charge in [0.05, 0.1) is 5.41 Å². The van der Waals surface area contributed by atoms with Crippen molar-refractivity contribution in [1.29, 1.82) is 0 Å². The smallest absolute Gasteiger partial charge is 0.244 e. The molecule has 88 valence electrons. The summed E-state index contributed by atoms with van der Waals surface area (Å²) in [5, 5.41) is 1.66. The Labute approximate surface area is 105 Å². The first-order valence-electron chi connectivity index (χ1n) is 5.08. The number of carbonyl (C=O) groups excluding carboxylic acids is 1. The molecule has 0 aliphatic carbocycles. The first-order chi connectivity index (χ1) is 7.34. The number of halogens is 1. The molecule has 0 unspecified atom stereocenters. The Kier molecular flexibility index (Phi) is 4.10. The van der Waals surface area contributed by atoms with E-state index in [1.807, 2.05) is 38.1 Å². The van der Waals surface area contributed by atoms with Gasteiger partial charge in [0.15, 0.2) is 0 Å². The van der Waals surface area contributed by atoms with Crippen LogP contribution in [-0.4, -0.2) is 25.0 Å². The normalized spacial score (nSPS) is 11.6. The zero-order valence-corrected chi connectivity index (χ0v) is 11.6. The number of nitrogens with zero attached hydrogens (tertiary/aromatic N) is 1. The van der Waals surface area contributed by atoms with Crippen molar-refractivity contribution in [2.24, 2.45) is 0 Å². The molecule has 1 aromatic carbocycles. The summed E-state index contributed by atoms with van der Waals surface area (Å²) < 4.78 is 1.01. The molecule has 0 fully saturated rings. The lowest BCUT2D eigenvalue weighted by Gasteiger charge is -2.26. The summed E-state index contributed by atoms with van der Waals surface area (Å²) in [5.74, 6) is -0.0141. The van der Waals surface area contributed by atoms with Crippen molar-refractivity contribution in [2.75, 3.05) is 14.1 Å². The minimum Gasteiger partial charge on any atom is -0.289 e. The molecule has 0 spiro atoms. The van der Waals surface area contributed by atoms with Crippen LogP contribution in [0.4, 0.5) is 0 Å².